The van der Waals surface area contributed by atoms with Gasteiger partial charge >= 0.3 is 5.97 Å². The predicted molar refractivity (Wildman–Crippen MR) is 206 cm³/mol. The van der Waals surface area contributed by atoms with Crippen molar-refractivity contribution in [1.82, 2.24) is 10.3 Å². The molecule has 0 saturated heterocycles. The third-order valence-electron chi connectivity index (χ3n) is 8.35. The summed E-state index contributed by atoms with van der Waals surface area (Å²) in [5.74, 6) is -1.66. The van der Waals surface area contributed by atoms with Gasteiger partial charge in [0.2, 0.25) is 5.91 Å². The average Bonchev–Trinajstić information content (AvgIpc) is 3.34. The molecule has 0 fully saturated rings. The lowest BCUT2D eigenvalue weighted by atomic mass is 10.1. The summed E-state index contributed by atoms with van der Waals surface area (Å²) in [4.78, 5) is 60.1. The van der Waals surface area contributed by atoms with Crippen LogP contribution in [-0.2, 0) is 27.2 Å². The lowest BCUT2D eigenvalue weighted by molar-refractivity contribution is -0.116. The second-order valence-corrected chi connectivity index (χ2v) is 14.3. The number of esters is 1. The molecular weight excluding hydrogens is 693 g/mol. The van der Waals surface area contributed by atoms with Crippen LogP contribution in [0.4, 0.5) is 10.7 Å². The van der Waals surface area contributed by atoms with E-state index in [0.717, 1.165) is 53.0 Å². The van der Waals surface area contributed by atoms with Crippen LogP contribution in [0.5, 0.6) is 0 Å². The maximum absolute atomic E-state index is 14.2. The average molecular weight is 731 g/mol. The topological polar surface area (TPSA) is 126 Å². The molecule has 0 saturated carbocycles. The first-order valence-corrected chi connectivity index (χ1v) is 18.8. The first kappa shape index (κ1) is 36.3. The van der Waals surface area contributed by atoms with E-state index in [9.17, 15) is 19.2 Å². The number of fused-ring (bicyclic) bond motifs is 1. The molecule has 3 amide bonds. The third-order valence-corrected chi connectivity index (χ3v) is 10.8. The standard InChI is InChI=1S/C41H38N4O5S2/c1-2-50-41(49)35-32-21-10-5-11-22-34(32)52-40(35)45-39(48)36(28-15-6-3-7-16-28)51-31-20-12-19-30(25-31)43-38(47)33(24-27-14-13-23-42-26-27)44-37(46)29-17-8-4-9-18-29/h3-4,6-9,12-20,23-26,36H,2,5,10-11,21-22H2,1H3,(H,43,47)(H,44,46)(H,45,48)/b33-24-. The Balaban J connectivity index is 1.24. The quantitative estimate of drug-likeness (QED) is 0.0509. The number of pyridine rings is 1. The number of anilines is 2. The zero-order valence-corrected chi connectivity index (χ0v) is 30.2. The van der Waals surface area contributed by atoms with Crippen molar-refractivity contribution in [2.24, 2.45) is 0 Å². The SMILES string of the molecule is CCOC(=O)c1c(NC(=O)C(Sc2cccc(NC(=O)/C(=C/c3cccnc3)NC(=O)c3ccccc3)c2)c2ccccc2)sc2c1CCCCC2. The van der Waals surface area contributed by atoms with Crippen LogP contribution in [-0.4, -0.2) is 35.3 Å². The Labute approximate surface area is 310 Å². The highest BCUT2D eigenvalue weighted by molar-refractivity contribution is 8.00. The molecule has 11 heteroatoms. The fourth-order valence-corrected chi connectivity index (χ4v) is 8.24. The number of thioether (sulfide) groups is 1. The zero-order valence-electron chi connectivity index (χ0n) is 28.6. The smallest absolute Gasteiger partial charge is 0.341 e. The van der Waals surface area contributed by atoms with Gasteiger partial charge in [0.25, 0.3) is 11.8 Å². The van der Waals surface area contributed by atoms with Crippen LogP contribution in [0, 0.1) is 0 Å². The highest BCUT2D eigenvalue weighted by Crippen LogP contribution is 2.41. The van der Waals surface area contributed by atoms with E-state index in [0.29, 0.717) is 27.4 Å². The number of hydrogen-bond acceptors (Lipinski definition) is 8. The predicted octanol–water partition coefficient (Wildman–Crippen LogP) is 8.47. The lowest BCUT2D eigenvalue weighted by Gasteiger charge is -2.18. The highest BCUT2D eigenvalue weighted by Gasteiger charge is 2.29. The van der Waals surface area contributed by atoms with Gasteiger partial charge in [-0.3, -0.25) is 19.4 Å². The number of rotatable bonds is 12. The number of nitrogens with one attached hydrogen (secondary N) is 3. The van der Waals surface area contributed by atoms with Crippen molar-refractivity contribution in [2.45, 2.75) is 49.2 Å². The van der Waals surface area contributed by atoms with Crippen LogP contribution in [0.1, 0.15) is 73.7 Å². The van der Waals surface area contributed by atoms with Crippen molar-refractivity contribution < 1.29 is 23.9 Å². The Morgan fingerprint density at radius 1 is 0.885 bits per heavy atom. The summed E-state index contributed by atoms with van der Waals surface area (Å²) in [6.45, 7) is 2.02. The summed E-state index contributed by atoms with van der Waals surface area (Å²) < 4.78 is 5.44. The van der Waals surface area contributed by atoms with Gasteiger partial charge in [0.05, 0.1) is 12.2 Å². The number of benzene rings is 3. The van der Waals surface area contributed by atoms with Crippen LogP contribution in [0.15, 0.2) is 120 Å². The van der Waals surface area contributed by atoms with Gasteiger partial charge in [0, 0.05) is 33.4 Å². The first-order valence-electron chi connectivity index (χ1n) is 17.1. The largest absolute Gasteiger partial charge is 0.462 e. The number of ether oxygens (including phenoxy) is 1. The molecule has 0 aliphatic heterocycles. The van der Waals surface area contributed by atoms with E-state index < -0.39 is 23.0 Å². The maximum atomic E-state index is 14.2. The minimum atomic E-state index is -0.685. The van der Waals surface area contributed by atoms with Crippen LogP contribution < -0.4 is 16.0 Å². The van der Waals surface area contributed by atoms with Crippen molar-refractivity contribution in [3.63, 3.8) is 0 Å². The van der Waals surface area contributed by atoms with Gasteiger partial charge in [0.15, 0.2) is 0 Å². The van der Waals surface area contributed by atoms with Gasteiger partial charge in [-0.05, 0) is 91.8 Å². The molecule has 6 rings (SSSR count). The molecule has 2 aromatic heterocycles. The molecule has 1 atom stereocenters. The van der Waals surface area contributed by atoms with Crippen LogP contribution in [0.2, 0.25) is 0 Å². The number of aryl methyl sites for hydroxylation is 1. The molecular formula is C41H38N4O5S2. The number of amides is 3. The van der Waals surface area contributed by atoms with Crippen molar-refractivity contribution in [1.29, 1.82) is 0 Å². The first-order chi connectivity index (χ1) is 25.4. The Bertz CT molecular complexity index is 2070. The molecule has 0 spiro atoms. The zero-order chi connectivity index (χ0) is 36.3. The lowest BCUT2D eigenvalue weighted by Crippen LogP contribution is -2.30. The van der Waals surface area contributed by atoms with Gasteiger partial charge in [-0.1, -0.05) is 67.1 Å². The van der Waals surface area contributed by atoms with Gasteiger partial charge in [-0.25, -0.2) is 4.79 Å². The number of thiophene rings is 1. The van der Waals surface area contributed by atoms with Gasteiger partial charge < -0.3 is 20.7 Å². The second-order valence-electron chi connectivity index (χ2n) is 12.0. The van der Waals surface area contributed by atoms with E-state index in [1.165, 1.54) is 23.1 Å². The van der Waals surface area contributed by atoms with Gasteiger partial charge in [0.1, 0.15) is 15.9 Å². The van der Waals surface area contributed by atoms with E-state index in [1.54, 1.807) is 80.0 Å². The van der Waals surface area contributed by atoms with Crippen molar-refractivity contribution in [3.05, 3.63) is 148 Å². The number of hydrogen-bond donors (Lipinski definition) is 3. The normalized spacial score (nSPS) is 13.2. The Morgan fingerprint density at radius 3 is 2.40 bits per heavy atom. The number of carbonyl (C=O) groups is 4. The summed E-state index contributed by atoms with van der Waals surface area (Å²) in [6, 6.07) is 28.8. The van der Waals surface area contributed by atoms with E-state index >= 15 is 0 Å². The Kier molecular flexibility index (Phi) is 12.3. The molecule has 1 aliphatic rings. The van der Waals surface area contributed by atoms with E-state index in [2.05, 4.69) is 20.9 Å². The fraction of sp³-hybridized carbons (Fsp3) is 0.195. The molecule has 264 valence electrons. The fourth-order valence-electron chi connectivity index (χ4n) is 5.88. The summed E-state index contributed by atoms with van der Waals surface area (Å²) in [5.41, 5.74) is 3.78. The minimum absolute atomic E-state index is 0.0354. The van der Waals surface area contributed by atoms with E-state index in [1.807, 2.05) is 42.5 Å². The molecule has 3 N–H and O–H groups in total. The van der Waals surface area contributed by atoms with Crippen molar-refractivity contribution >= 4 is 63.6 Å². The van der Waals surface area contributed by atoms with Crippen LogP contribution in [0.3, 0.4) is 0 Å². The number of carbonyl (C=O) groups excluding carboxylic acids is 4. The second kappa shape index (κ2) is 17.6. The molecule has 1 unspecified atom stereocenters. The molecule has 5 aromatic rings. The van der Waals surface area contributed by atoms with Crippen molar-refractivity contribution in [2.75, 3.05) is 17.2 Å². The summed E-state index contributed by atoms with van der Waals surface area (Å²) in [7, 11) is 0. The van der Waals surface area contributed by atoms with Crippen LogP contribution >= 0.6 is 23.1 Å². The highest BCUT2D eigenvalue weighted by atomic mass is 32.2. The molecule has 1 aliphatic carbocycles. The monoisotopic (exact) mass is 730 g/mol. The number of aromatic nitrogens is 1. The van der Waals surface area contributed by atoms with E-state index in [4.69, 9.17) is 4.74 Å². The summed E-state index contributed by atoms with van der Waals surface area (Å²) in [5, 5.41) is 8.57. The van der Waals surface area contributed by atoms with Gasteiger partial charge in [-0.15, -0.1) is 23.1 Å². The maximum Gasteiger partial charge on any atom is 0.341 e. The van der Waals surface area contributed by atoms with Gasteiger partial charge in [-0.2, -0.15) is 0 Å². The molecule has 3 aromatic carbocycles. The Morgan fingerprint density at radius 2 is 1.65 bits per heavy atom. The molecule has 2 heterocycles. The molecule has 0 bridgehead atoms. The van der Waals surface area contributed by atoms with Crippen LogP contribution in [0.25, 0.3) is 6.08 Å². The third kappa shape index (κ3) is 9.22. The van der Waals surface area contributed by atoms with E-state index in [-0.39, 0.29) is 18.2 Å². The Hall–Kier alpha value is -5.52. The minimum Gasteiger partial charge on any atom is -0.462 e. The van der Waals surface area contributed by atoms with Crippen molar-refractivity contribution in [3.8, 4) is 0 Å². The molecule has 52 heavy (non-hydrogen) atoms. The molecule has 0 radical (unpaired) electrons. The summed E-state index contributed by atoms with van der Waals surface area (Å²) in [6.07, 6.45) is 9.55. The molecule has 9 nitrogen and oxygen atoms in total. The number of nitrogens with zero attached hydrogens (tertiary/aromatic N) is 1. The summed E-state index contributed by atoms with van der Waals surface area (Å²) >= 11 is 2.79.